The van der Waals surface area contributed by atoms with Crippen molar-refractivity contribution in [1.82, 2.24) is 24.7 Å². The third-order valence-electron chi connectivity index (χ3n) is 2.15. The van der Waals surface area contributed by atoms with Crippen molar-refractivity contribution < 1.29 is 0 Å². The van der Waals surface area contributed by atoms with E-state index in [9.17, 15) is 0 Å². The number of hydrogen-bond acceptors (Lipinski definition) is 6. The summed E-state index contributed by atoms with van der Waals surface area (Å²) in [6.07, 6.45) is 6.03. The molecule has 90 valence electrons. The molecule has 2 aromatic rings. The lowest BCUT2D eigenvalue weighted by molar-refractivity contribution is 0.741. The maximum atomic E-state index is 4.20. The third-order valence-corrected chi connectivity index (χ3v) is 2.79. The maximum Gasteiger partial charge on any atom is 0.152 e. The minimum Gasteiger partial charge on any atom is -0.369 e. The molecule has 0 aliphatic heterocycles. The molecule has 0 amide bonds. The quantitative estimate of drug-likeness (QED) is 0.630. The van der Waals surface area contributed by atoms with Gasteiger partial charge in [-0.05, 0) is 6.26 Å². The molecule has 2 aromatic heterocycles. The van der Waals surface area contributed by atoms with Crippen molar-refractivity contribution in [3.05, 3.63) is 24.5 Å². The highest BCUT2D eigenvalue weighted by atomic mass is 32.2. The maximum absolute atomic E-state index is 4.20. The molecule has 1 N–H and O–H groups in total. The van der Waals surface area contributed by atoms with E-state index in [-0.39, 0.29) is 0 Å². The van der Waals surface area contributed by atoms with Gasteiger partial charge in [-0.3, -0.25) is 4.68 Å². The second-order valence-corrected chi connectivity index (χ2v) is 4.28. The Morgan fingerprint density at radius 3 is 2.94 bits per heavy atom. The predicted molar refractivity (Wildman–Crippen MR) is 67.0 cm³/mol. The number of thioether (sulfide) groups is 1. The van der Waals surface area contributed by atoms with Gasteiger partial charge in [0.25, 0.3) is 0 Å². The lowest BCUT2D eigenvalue weighted by Gasteiger charge is -2.04. The minimum atomic E-state index is 0.759. The van der Waals surface area contributed by atoms with Gasteiger partial charge >= 0.3 is 0 Å². The molecule has 0 aromatic carbocycles. The summed E-state index contributed by atoms with van der Waals surface area (Å²) in [7, 11) is 1.86. The van der Waals surface area contributed by atoms with Crippen LogP contribution in [0.2, 0.25) is 0 Å². The Bertz CT molecular complexity index is 483. The Labute approximate surface area is 104 Å². The van der Waals surface area contributed by atoms with E-state index >= 15 is 0 Å². The summed E-state index contributed by atoms with van der Waals surface area (Å²) in [6.45, 7) is 0.759. The number of nitrogens with zero attached hydrogens (tertiary/aromatic N) is 5. The van der Waals surface area contributed by atoms with Crippen molar-refractivity contribution in [2.24, 2.45) is 7.05 Å². The Kier molecular flexibility index (Phi) is 3.92. The smallest absolute Gasteiger partial charge is 0.152 e. The topological polar surface area (TPSA) is 68.5 Å². The van der Waals surface area contributed by atoms with Gasteiger partial charge in [0.2, 0.25) is 0 Å². The first kappa shape index (κ1) is 11.8. The van der Waals surface area contributed by atoms with Gasteiger partial charge in [0, 0.05) is 26.1 Å². The number of rotatable bonds is 5. The van der Waals surface area contributed by atoms with Crippen molar-refractivity contribution in [3.63, 3.8) is 0 Å². The molecule has 7 heteroatoms. The highest BCUT2D eigenvalue weighted by molar-refractivity contribution is 7.98. The van der Waals surface area contributed by atoms with Crippen LogP contribution in [-0.4, -0.2) is 37.5 Å². The monoisotopic (exact) mass is 250 g/mol. The van der Waals surface area contributed by atoms with Crippen molar-refractivity contribution in [3.8, 4) is 0 Å². The van der Waals surface area contributed by atoms with Gasteiger partial charge < -0.3 is 5.32 Å². The Morgan fingerprint density at radius 2 is 2.24 bits per heavy atom. The van der Waals surface area contributed by atoms with E-state index in [0.717, 1.165) is 29.6 Å². The van der Waals surface area contributed by atoms with Gasteiger partial charge in [0.05, 0.1) is 0 Å². The predicted octanol–water partition coefficient (Wildman–Crippen LogP) is 0.982. The molecule has 2 rings (SSSR count). The fourth-order valence-electron chi connectivity index (χ4n) is 1.35. The fourth-order valence-corrected chi connectivity index (χ4v) is 1.73. The van der Waals surface area contributed by atoms with Crippen LogP contribution in [0.15, 0.2) is 23.7 Å². The summed E-state index contributed by atoms with van der Waals surface area (Å²) >= 11 is 1.60. The van der Waals surface area contributed by atoms with Gasteiger partial charge in [-0.15, -0.1) is 11.8 Å². The number of nitrogens with one attached hydrogen (secondary N) is 1. The molecule has 17 heavy (non-hydrogen) atoms. The SMILES string of the molecule is CSc1cc(NCCc2ncn(C)n2)ncn1. The average molecular weight is 250 g/mol. The molecular formula is C10H14N6S. The van der Waals surface area contributed by atoms with Crippen LogP contribution in [0.4, 0.5) is 5.82 Å². The second-order valence-electron chi connectivity index (χ2n) is 3.46. The zero-order valence-electron chi connectivity index (χ0n) is 9.79. The van der Waals surface area contributed by atoms with Gasteiger partial charge in [-0.2, -0.15) is 5.10 Å². The van der Waals surface area contributed by atoms with Crippen LogP contribution >= 0.6 is 11.8 Å². The summed E-state index contributed by atoms with van der Waals surface area (Å²) in [5.41, 5.74) is 0. The van der Waals surface area contributed by atoms with Crippen molar-refractivity contribution in [2.45, 2.75) is 11.4 Å². The third kappa shape index (κ3) is 3.42. The summed E-state index contributed by atoms with van der Waals surface area (Å²) in [5, 5.41) is 8.38. The molecule has 0 spiro atoms. The van der Waals surface area contributed by atoms with E-state index < -0.39 is 0 Å². The first-order chi connectivity index (χ1) is 8.28. The van der Waals surface area contributed by atoms with E-state index in [0.29, 0.717) is 0 Å². The van der Waals surface area contributed by atoms with E-state index in [1.54, 1.807) is 29.1 Å². The first-order valence-electron chi connectivity index (χ1n) is 5.22. The molecule has 0 bridgehead atoms. The van der Waals surface area contributed by atoms with Crippen molar-refractivity contribution in [1.29, 1.82) is 0 Å². The lowest BCUT2D eigenvalue weighted by atomic mass is 10.4. The Hall–Kier alpha value is -1.63. The van der Waals surface area contributed by atoms with Gasteiger partial charge in [-0.25, -0.2) is 15.0 Å². The molecule has 0 radical (unpaired) electrons. The number of aryl methyl sites for hydroxylation is 1. The zero-order valence-corrected chi connectivity index (χ0v) is 10.6. The lowest BCUT2D eigenvalue weighted by Crippen LogP contribution is -2.07. The normalized spacial score (nSPS) is 10.5. The number of hydrogen-bond donors (Lipinski definition) is 1. The minimum absolute atomic E-state index is 0.759. The number of anilines is 1. The largest absolute Gasteiger partial charge is 0.369 e. The fraction of sp³-hybridized carbons (Fsp3) is 0.400. The van der Waals surface area contributed by atoms with Crippen LogP contribution in [0, 0.1) is 0 Å². The molecule has 0 unspecified atom stereocenters. The van der Waals surface area contributed by atoms with Gasteiger partial charge in [-0.1, -0.05) is 0 Å². The molecule has 2 heterocycles. The van der Waals surface area contributed by atoms with Crippen molar-refractivity contribution >= 4 is 17.6 Å². The zero-order chi connectivity index (χ0) is 12.1. The summed E-state index contributed by atoms with van der Waals surface area (Å²) in [4.78, 5) is 12.4. The highest BCUT2D eigenvalue weighted by Gasteiger charge is 2.00. The van der Waals surface area contributed by atoms with Gasteiger partial charge in [0.1, 0.15) is 23.5 Å². The van der Waals surface area contributed by atoms with Crippen LogP contribution in [0.25, 0.3) is 0 Å². The molecule has 0 saturated carbocycles. The van der Waals surface area contributed by atoms with Crippen molar-refractivity contribution in [2.75, 3.05) is 18.1 Å². The molecule has 6 nitrogen and oxygen atoms in total. The molecule has 0 saturated heterocycles. The highest BCUT2D eigenvalue weighted by Crippen LogP contribution is 2.13. The molecule has 0 aliphatic rings. The summed E-state index contributed by atoms with van der Waals surface area (Å²) in [6, 6.07) is 1.93. The van der Waals surface area contributed by atoms with Crippen LogP contribution < -0.4 is 5.32 Å². The Balaban J connectivity index is 1.85. The van der Waals surface area contributed by atoms with E-state index in [2.05, 4.69) is 25.4 Å². The molecular weight excluding hydrogens is 236 g/mol. The first-order valence-corrected chi connectivity index (χ1v) is 6.45. The Morgan fingerprint density at radius 1 is 1.35 bits per heavy atom. The van der Waals surface area contributed by atoms with E-state index in [1.165, 1.54) is 0 Å². The van der Waals surface area contributed by atoms with Crippen LogP contribution in [0.3, 0.4) is 0 Å². The number of aromatic nitrogens is 5. The van der Waals surface area contributed by atoms with Crippen LogP contribution in [0.1, 0.15) is 5.82 Å². The standard InChI is InChI=1S/C10H14N6S/c1-16-7-14-8(15-16)3-4-11-9-5-10(17-2)13-6-12-9/h5-7H,3-4H2,1-2H3,(H,11,12,13). The van der Waals surface area contributed by atoms with E-state index in [1.807, 2.05) is 19.4 Å². The molecule has 0 aliphatic carbocycles. The molecule has 0 fully saturated rings. The van der Waals surface area contributed by atoms with Crippen LogP contribution in [-0.2, 0) is 13.5 Å². The van der Waals surface area contributed by atoms with Crippen LogP contribution in [0.5, 0.6) is 0 Å². The second kappa shape index (κ2) is 5.62. The van der Waals surface area contributed by atoms with E-state index in [4.69, 9.17) is 0 Å². The van der Waals surface area contributed by atoms with Gasteiger partial charge in [0.15, 0.2) is 5.82 Å². The average Bonchev–Trinajstić information content (AvgIpc) is 2.75. The molecule has 0 atom stereocenters. The summed E-state index contributed by atoms with van der Waals surface area (Å²) in [5.74, 6) is 1.67. The summed E-state index contributed by atoms with van der Waals surface area (Å²) < 4.78 is 1.70.